The minimum Gasteiger partial charge on any atom is -0.338 e. The van der Waals surface area contributed by atoms with Crippen LogP contribution in [0, 0.1) is 5.41 Å². The monoisotopic (exact) mass is 481 g/mol. The molecule has 2 aromatic carbocycles. The summed E-state index contributed by atoms with van der Waals surface area (Å²) in [6.45, 7) is 8.66. The zero-order valence-electron chi connectivity index (χ0n) is 19.5. The molecule has 0 atom stereocenters. The van der Waals surface area contributed by atoms with Gasteiger partial charge in [-0.1, -0.05) is 43.6 Å². The van der Waals surface area contributed by atoms with Crippen LogP contribution in [0.3, 0.4) is 0 Å². The summed E-state index contributed by atoms with van der Waals surface area (Å²) in [5, 5.41) is 7.59. The number of aromatic nitrogens is 2. The van der Waals surface area contributed by atoms with E-state index in [-0.39, 0.29) is 11.8 Å². The average molecular weight is 482 g/mol. The van der Waals surface area contributed by atoms with Gasteiger partial charge in [0, 0.05) is 53.4 Å². The Balaban J connectivity index is 1.32. The highest BCUT2D eigenvalue weighted by Crippen LogP contribution is 2.21. The maximum atomic E-state index is 13.0. The van der Waals surface area contributed by atoms with Crippen molar-refractivity contribution in [1.29, 1.82) is 0 Å². The Morgan fingerprint density at radius 1 is 1.06 bits per heavy atom. The Hall–Kier alpha value is -3.23. The molecule has 1 saturated heterocycles. The van der Waals surface area contributed by atoms with E-state index in [1.54, 1.807) is 36.4 Å². The molecule has 0 aliphatic carbocycles. The number of amides is 2. The highest BCUT2D eigenvalue weighted by atomic mass is 35.5. The van der Waals surface area contributed by atoms with Crippen molar-refractivity contribution in [3.05, 3.63) is 65.0 Å². The third-order valence-corrected chi connectivity index (χ3v) is 5.89. The Morgan fingerprint density at radius 2 is 1.76 bits per heavy atom. The number of hydrogen-bond donors (Lipinski definition) is 1. The van der Waals surface area contributed by atoms with Crippen molar-refractivity contribution in [3.63, 3.8) is 0 Å². The van der Waals surface area contributed by atoms with E-state index < -0.39 is 5.41 Å². The Morgan fingerprint density at radius 3 is 2.44 bits per heavy atom. The predicted octanol–water partition coefficient (Wildman–Crippen LogP) is 4.33. The summed E-state index contributed by atoms with van der Waals surface area (Å²) in [6.07, 6.45) is 0. The first-order valence-electron chi connectivity index (χ1n) is 11.2. The van der Waals surface area contributed by atoms with Crippen LogP contribution in [0.1, 0.15) is 37.0 Å². The number of carbonyl (C=O) groups is 2. The third-order valence-electron chi connectivity index (χ3n) is 5.64. The minimum atomic E-state index is -0.510. The molecule has 3 aromatic rings. The number of rotatable bonds is 5. The van der Waals surface area contributed by atoms with Crippen LogP contribution in [0.4, 0.5) is 5.69 Å². The molecule has 0 bridgehead atoms. The molecule has 0 radical (unpaired) electrons. The molecule has 2 heterocycles. The number of carbonyl (C=O) groups excluding carboxylic acids is 2. The lowest BCUT2D eigenvalue weighted by atomic mass is 9.95. The number of nitrogens with zero attached hydrogens (tertiary/aromatic N) is 4. The van der Waals surface area contributed by atoms with Crippen molar-refractivity contribution in [2.45, 2.75) is 27.3 Å². The number of nitrogens with one attached hydrogen (secondary N) is 1. The first-order chi connectivity index (χ1) is 16.2. The quantitative estimate of drug-likeness (QED) is 0.583. The maximum Gasteiger partial charge on any atom is 0.254 e. The molecule has 1 aromatic heterocycles. The highest BCUT2D eigenvalue weighted by Gasteiger charge is 2.25. The number of halogens is 1. The summed E-state index contributed by atoms with van der Waals surface area (Å²) in [7, 11) is 0. The maximum absolute atomic E-state index is 13.0. The standard InChI is InChI=1S/C25H28ClN5O3/c1-25(2,3)24(33)27-20-6-4-5-18(15-20)23(32)31-13-11-30(12-14-31)16-21-28-22(29-34-21)17-7-9-19(26)10-8-17/h4-10,15H,11-14,16H2,1-3H3,(H,27,33). The molecular weight excluding hydrogens is 454 g/mol. The van der Waals surface area contributed by atoms with E-state index in [1.165, 1.54) is 0 Å². The Bertz CT molecular complexity index is 1160. The summed E-state index contributed by atoms with van der Waals surface area (Å²) >= 11 is 5.93. The topological polar surface area (TPSA) is 91.6 Å². The molecule has 9 heteroatoms. The van der Waals surface area contributed by atoms with Gasteiger partial charge in [0.2, 0.25) is 17.6 Å². The van der Waals surface area contributed by atoms with Crippen LogP contribution in [0.5, 0.6) is 0 Å². The van der Waals surface area contributed by atoms with E-state index >= 15 is 0 Å². The minimum absolute atomic E-state index is 0.0469. The van der Waals surface area contributed by atoms with Gasteiger partial charge in [-0.3, -0.25) is 14.5 Å². The summed E-state index contributed by atoms with van der Waals surface area (Å²) in [6, 6.07) is 14.4. The largest absolute Gasteiger partial charge is 0.338 e. The SMILES string of the molecule is CC(C)(C)C(=O)Nc1cccc(C(=O)N2CCN(Cc3nc(-c4ccc(Cl)cc4)no3)CC2)c1. The molecule has 1 N–H and O–H groups in total. The van der Waals surface area contributed by atoms with E-state index in [0.29, 0.717) is 60.7 Å². The number of piperazine rings is 1. The number of hydrogen-bond acceptors (Lipinski definition) is 6. The zero-order valence-corrected chi connectivity index (χ0v) is 20.3. The van der Waals surface area contributed by atoms with Gasteiger partial charge in [0.15, 0.2) is 0 Å². The van der Waals surface area contributed by atoms with E-state index in [9.17, 15) is 9.59 Å². The first-order valence-corrected chi connectivity index (χ1v) is 11.6. The molecule has 178 valence electrons. The lowest BCUT2D eigenvalue weighted by Gasteiger charge is -2.34. The molecule has 34 heavy (non-hydrogen) atoms. The van der Waals surface area contributed by atoms with Gasteiger partial charge in [-0.25, -0.2) is 0 Å². The van der Waals surface area contributed by atoms with E-state index in [4.69, 9.17) is 16.1 Å². The van der Waals surface area contributed by atoms with Crippen LogP contribution in [-0.2, 0) is 11.3 Å². The summed E-state index contributed by atoms with van der Waals surface area (Å²) in [5.74, 6) is 0.922. The predicted molar refractivity (Wildman–Crippen MR) is 130 cm³/mol. The van der Waals surface area contributed by atoms with Crippen molar-refractivity contribution >= 4 is 29.1 Å². The number of anilines is 1. The van der Waals surface area contributed by atoms with Crippen LogP contribution < -0.4 is 5.32 Å². The molecule has 8 nitrogen and oxygen atoms in total. The van der Waals surface area contributed by atoms with Gasteiger partial charge >= 0.3 is 0 Å². The molecule has 1 fully saturated rings. The second-order valence-electron chi connectivity index (χ2n) is 9.37. The molecule has 1 aliphatic rings. The van der Waals surface area contributed by atoms with Crippen LogP contribution in [0.25, 0.3) is 11.4 Å². The van der Waals surface area contributed by atoms with Crippen LogP contribution >= 0.6 is 11.6 Å². The lowest BCUT2D eigenvalue weighted by Crippen LogP contribution is -2.48. The fourth-order valence-electron chi connectivity index (χ4n) is 3.57. The highest BCUT2D eigenvalue weighted by molar-refractivity contribution is 6.30. The summed E-state index contributed by atoms with van der Waals surface area (Å²) in [4.78, 5) is 33.8. The third kappa shape index (κ3) is 5.81. The average Bonchev–Trinajstić information content (AvgIpc) is 3.27. The van der Waals surface area contributed by atoms with Crippen molar-refractivity contribution in [1.82, 2.24) is 19.9 Å². The van der Waals surface area contributed by atoms with Crippen LogP contribution in [-0.4, -0.2) is 57.9 Å². The normalized spacial score (nSPS) is 14.8. The molecular formula is C25H28ClN5O3. The van der Waals surface area contributed by atoms with Gasteiger partial charge in [-0.2, -0.15) is 4.98 Å². The van der Waals surface area contributed by atoms with E-state index in [1.807, 2.05) is 37.8 Å². The second-order valence-corrected chi connectivity index (χ2v) is 9.81. The zero-order chi connectivity index (χ0) is 24.3. The summed E-state index contributed by atoms with van der Waals surface area (Å²) < 4.78 is 5.41. The van der Waals surface area contributed by atoms with Crippen LogP contribution in [0.2, 0.25) is 5.02 Å². The molecule has 2 amide bonds. The fraction of sp³-hybridized carbons (Fsp3) is 0.360. The van der Waals surface area contributed by atoms with Crippen molar-refractivity contribution in [2.75, 3.05) is 31.5 Å². The molecule has 1 aliphatic heterocycles. The fourth-order valence-corrected chi connectivity index (χ4v) is 3.69. The lowest BCUT2D eigenvalue weighted by molar-refractivity contribution is -0.123. The molecule has 4 rings (SSSR count). The van der Waals surface area contributed by atoms with Gasteiger partial charge < -0.3 is 14.7 Å². The Kier molecular flexibility index (Phi) is 7.00. The molecule has 0 unspecified atom stereocenters. The van der Waals surface area contributed by atoms with E-state index in [0.717, 1.165) is 5.56 Å². The first kappa shape index (κ1) is 23.9. The van der Waals surface area contributed by atoms with Gasteiger partial charge in [0.25, 0.3) is 5.91 Å². The van der Waals surface area contributed by atoms with Crippen LogP contribution in [0.15, 0.2) is 53.1 Å². The van der Waals surface area contributed by atoms with Gasteiger partial charge in [0.1, 0.15) is 0 Å². The summed E-state index contributed by atoms with van der Waals surface area (Å²) in [5.41, 5.74) is 1.52. The molecule has 0 spiro atoms. The van der Waals surface area contributed by atoms with Gasteiger partial charge in [-0.15, -0.1) is 0 Å². The van der Waals surface area contributed by atoms with Crippen molar-refractivity contribution in [3.8, 4) is 11.4 Å². The smallest absolute Gasteiger partial charge is 0.254 e. The Labute approximate surface area is 203 Å². The number of benzene rings is 2. The molecule has 0 saturated carbocycles. The van der Waals surface area contributed by atoms with Crippen molar-refractivity contribution < 1.29 is 14.1 Å². The van der Waals surface area contributed by atoms with Gasteiger partial charge in [0.05, 0.1) is 6.54 Å². The van der Waals surface area contributed by atoms with Crippen molar-refractivity contribution in [2.24, 2.45) is 5.41 Å². The second kappa shape index (κ2) is 9.95. The van der Waals surface area contributed by atoms with E-state index in [2.05, 4.69) is 20.4 Å². The van der Waals surface area contributed by atoms with Gasteiger partial charge in [-0.05, 0) is 42.5 Å².